The average molecular weight is 286 g/mol. The van der Waals surface area contributed by atoms with Gasteiger partial charge in [-0.25, -0.2) is 9.78 Å². The Morgan fingerprint density at radius 1 is 1.39 bits per heavy atom. The Balaban J connectivity index is 2.88. The lowest BCUT2D eigenvalue weighted by atomic mass is 10.0. The lowest BCUT2D eigenvalue weighted by Gasteiger charge is -2.10. The van der Waals surface area contributed by atoms with E-state index in [-0.39, 0.29) is 10.7 Å². The number of nitrogens with zero attached hydrogens (tertiary/aromatic N) is 1. The van der Waals surface area contributed by atoms with Gasteiger partial charge in [-0.3, -0.25) is 0 Å². The van der Waals surface area contributed by atoms with E-state index in [0.717, 1.165) is 0 Å². The number of hydrogen-bond acceptors (Lipinski definition) is 3. The van der Waals surface area contributed by atoms with Crippen molar-refractivity contribution in [3.63, 3.8) is 0 Å². The van der Waals surface area contributed by atoms with Crippen molar-refractivity contribution in [3.8, 4) is 5.75 Å². The number of aromatic carboxylic acids is 1. The van der Waals surface area contributed by atoms with E-state index >= 15 is 0 Å². The standard InChI is InChI=1S/C12H9Cl2NO3/c1-5-6-3-9(18-2)7(13)4-8(6)15-11(14)10(5)12(16)17/h3-4H,1-2H3,(H,16,17). The minimum atomic E-state index is -1.11. The van der Waals surface area contributed by atoms with Gasteiger partial charge in [0.15, 0.2) is 0 Å². The number of methoxy groups -OCH3 is 1. The summed E-state index contributed by atoms with van der Waals surface area (Å²) in [4.78, 5) is 15.2. The van der Waals surface area contributed by atoms with E-state index in [2.05, 4.69) is 4.98 Å². The summed E-state index contributed by atoms with van der Waals surface area (Å²) >= 11 is 11.8. The number of benzene rings is 1. The average Bonchev–Trinajstić information content (AvgIpc) is 2.27. The second kappa shape index (κ2) is 4.63. The van der Waals surface area contributed by atoms with Gasteiger partial charge < -0.3 is 9.84 Å². The summed E-state index contributed by atoms with van der Waals surface area (Å²) in [5, 5.41) is 10.1. The molecule has 0 aliphatic rings. The maximum Gasteiger partial charge on any atom is 0.339 e. The van der Waals surface area contributed by atoms with E-state index in [1.807, 2.05) is 0 Å². The Bertz CT molecular complexity index is 656. The number of carboxylic acids is 1. The van der Waals surface area contributed by atoms with Crippen LogP contribution in [0.1, 0.15) is 15.9 Å². The number of aryl methyl sites for hydroxylation is 1. The maximum atomic E-state index is 11.1. The minimum Gasteiger partial charge on any atom is -0.495 e. The molecule has 18 heavy (non-hydrogen) atoms. The van der Waals surface area contributed by atoms with Gasteiger partial charge in [-0.2, -0.15) is 0 Å². The molecule has 2 rings (SSSR count). The quantitative estimate of drug-likeness (QED) is 0.857. The number of carbonyl (C=O) groups is 1. The fourth-order valence-corrected chi connectivity index (χ4v) is 2.34. The highest BCUT2D eigenvalue weighted by atomic mass is 35.5. The molecule has 0 atom stereocenters. The first kappa shape index (κ1) is 12.9. The summed E-state index contributed by atoms with van der Waals surface area (Å²) in [6.45, 7) is 1.67. The van der Waals surface area contributed by atoms with Gasteiger partial charge in [0.2, 0.25) is 0 Å². The van der Waals surface area contributed by atoms with Crippen molar-refractivity contribution < 1.29 is 14.6 Å². The van der Waals surface area contributed by atoms with Crippen LogP contribution < -0.4 is 4.74 Å². The van der Waals surface area contributed by atoms with Crippen LogP contribution in [0, 0.1) is 6.92 Å². The zero-order valence-electron chi connectivity index (χ0n) is 9.62. The van der Waals surface area contributed by atoms with E-state index in [1.54, 1.807) is 19.1 Å². The van der Waals surface area contributed by atoms with Crippen LogP contribution in [-0.2, 0) is 0 Å². The summed E-state index contributed by atoms with van der Waals surface area (Å²) < 4.78 is 5.10. The van der Waals surface area contributed by atoms with Crippen LogP contribution in [0.5, 0.6) is 5.75 Å². The Morgan fingerprint density at radius 2 is 2.06 bits per heavy atom. The molecular weight excluding hydrogens is 277 g/mol. The Hall–Kier alpha value is -1.52. The maximum absolute atomic E-state index is 11.1. The molecule has 0 aliphatic heterocycles. The van der Waals surface area contributed by atoms with Crippen LogP contribution in [0.4, 0.5) is 0 Å². The summed E-state index contributed by atoms with van der Waals surface area (Å²) in [7, 11) is 1.49. The third-order valence-electron chi connectivity index (χ3n) is 2.69. The molecule has 0 spiro atoms. The molecule has 1 aromatic carbocycles. The topological polar surface area (TPSA) is 59.4 Å². The number of rotatable bonds is 2. The molecule has 4 nitrogen and oxygen atoms in total. The Morgan fingerprint density at radius 3 is 2.61 bits per heavy atom. The molecule has 0 aliphatic carbocycles. The van der Waals surface area contributed by atoms with Crippen molar-refractivity contribution in [1.82, 2.24) is 4.98 Å². The molecule has 2 aromatic rings. The second-order valence-corrected chi connectivity index (χ2v) is 4.48. The van der Waals surface area contributed by atoms with Crippen molar-refractivity contribution in [2.24, 2.45) is 0 Å². The van der Waals surface area contributed by atoms with Crippen LogP contribution in [0.25, 0.3) is 10.9 Å². The van der Waals surface area contributed by atoms with E-state index < -0.39 is 5.97 Å². The number of carboxylic acid groups (broad SMARTS) is 1. The van der Waals surface area contributed by atoms with Crippen molar-refractivity contribution in [3.05, 3.63) is 33.4 Å². The smallest absolute Gasteiger partial charge is 0.339 e. The monoisotopic (exact) mass is 285 g/mol. The molecule has 0 fully saturated rings. The fourth-order valence-electron chi connectivity index (χ4n) is 1.79. The van der Waals surface area contributed by atoms with Crippen molar-refractivity contribution in [2.75, 3.05) is 7.11 Å². The molecule has 0 bridgehead atoms. The summed E-state index contributed by atoms with van der Waals surface area (Å²) in [6, 6.07) is 3.25. The van der Waals surface area contributed by atoms with Crippen LogP contribution in [0.15, 0.2) is 12.1 Å². The van der Waals surface area contributed by atoms with E-state index in [0.29, 0.717) is 27.2 Å². The van der Waals surface area contributed by atoms with E-state index in [1.165, 1.54) is 7.11 Å². The summed E-state index contributed by atoms with van der Waals surface area (Å²) in [5.41, 5.74) is 1.06. The number of pyridine rings is 1. The number of hydrogen-bond donors (Lipinski definition) is 1. The zero-order valence-corrected chi connectivity index (χ0v) is 11.1. The predicted molar refractivity (Wildman–Crippen MR) is 70.0 cm³/mol. The fraction of sp³-hybridized carbons (Fsp3) is 0.167. The molecular formula is C12H9Cl2NO3. The molecule has 0 amide bonds. The molecule has 0 saturated heterocycles. The molecule has 1 N–H and O–H groups in total. The van der Waals surface area contributed by atoms with Crippen molar-refractivity contribution >= 4 is 40.1 Å². The number of fused-ring (bicyclic) bond motifs is 1. The van der Waals surface area contributed by atoms with Gasteiger partial charge in [0, 0.05) is 5.39 Å². The van der Waals surface area contributed by atoms with Gasteiger partial charge in [0.1, 0.15) is 16.5 Å². The van der Waals surface area contributed by atoms with Crippen LogP contribution in [-0.4, -0.2) is 23.2 Å². The van der Waals surface area contributed by atoms with Gasteiger partial charge in [-0.1, -0.05) is 23.2 Å². The molecule has 1 heterocycles. The first-order chi connectivity index (χ1) is 8.45. The SMILES string of the molecule is COc1cc2c(C)c(C(=O)O)c(Cl)nc2cc1Cl. The van der Waals surface area contributed by atoms with Crippen molar-refractivity contribution in [2.45, 2.75) is 6.92 Å². The molecule has 0 radical (unpaired) electrons. The van der Waals surface area contributed by atoms with Gasteiger partial charge >= 0.3 is 5.97 Å². The first-order valence-electron chi connectivity index (χ1n) is 5.02. The highest BCUT2D eigenvalue weighted by molar-refractivity contribution is 6.34. The van der Waals surface area contributed by atoms with Gasteiger partial charge in [0.05, 0.1) is 17.6 Å². The zero-order chi connectivity index (χ0) is 13.4. The third-order valence-corrected chi connectivity index (χ3v) is 3.26. The molecule has 0 saturated carbocycles. The predicted octanol–water partition coefficient (Wildman–Crippen LogP) is 3.56. The van der Waals surface area contributed by atoms with Crippen LogP contribution in [0.2, 0.25) is 10.2 Å². The highest BCUT2D eigenvalue weighted by Crippen LogP contribution is 2.33. The normalized spacial score (nSPS) is 10.7. The lowest BCUT2D eigenvalue weighted by molar-refractivity contribution is 0.0696. The number of aromatic nitrogens is 1. The molecule has 1 aromatic heterocycles. The largest absolute Gasteiger partial charge is 0.495 e. The molecule has 94 valence electrons. The van der Waals surface area contributed by atoms with Gasteiger partial charge in [-0.15, -0.1) is 0 Å². The van der Waals surface area contributed by atoms with E-state index in [4.69, 9.17) is 33.0 Å². The summed E-state index contributed by atoms with van der Waals surface area (Å²) in [5.74, 6) is -0.645. The van der Waals surface area contributed by atoms with Gasteiger partial charge in [-0.05, 0) is 24.6 Å². The molecule has 0 unspecified atom stereocenters. The van der Waals surface area contributed by atoms with Gasteiger partial charge in [0.25, 0.3) is 0 Å². The molecule has 6 heteroatoms. The Labute approximate surface area is 113 Å². The first-order valence-corrected chi connectivity index (χ1v) is 5.78. The second-order valence-electron chi connectivity index (χ2n) is 3.71. The van der Waals surface area contributed by atoms with Crippen LogP contribution >= 0.6 is 23.2 Å². The summed E-state index contributed by atoms with van der Waals surface area (Å²) in [6.07, 6.45) is 0. The third kappa shape index (κ3) is 1.98. The number of ether oxygens (including phenoxy) is 1. The highest BCUT2D eigenvalue weighted by Gasteiger charge is 2.18. The Kier molecular flexibility index (Phi) is 3.32. The van der Waals surface area contributed by atoms with Crippen molar-refractivity contribution in [1.29, 1.82) is 0 Å². The number of halogens is 2. The lowest BCUT2D eigenvalue weighted by Crippen LogP contribution is -2.03. The van der Waals surface area contributed by atoms with Crippen LogP contribution in [0.3, 0.4) is 0 Å². The van der Waals surface area contributed by atoms with E-state index in [9.17, 15) is 4.79 Å². The minimum absolute atomic E-state index is 0.00598.